The lowest BCUT2D eigenvalue weighted by atomic mass is 10.3. The van der Waals surface area contributed by atoms with Crippen molar-refractivity contribution in [3.8, 4) is 5.75 Å². The zero-order chi connectivity index (χ0) is 22.4. The van der Waals surface area contributed by atoms with Crippen LogP contribution in [0, 0.1) is 6.92 Å². The van der Waals surface area contributed by atoms with Crippen molar-refractivity contribution in [2.45, 2.75) is 18.7 Å². The van der Waals surface area contributed by atoms with Crippen LogP contribution in [0.1, 0.15) is 18.4 Å². The van der Waals surface area contributed by atoms with Crippen LogP contribution in [-0.2, 0) is 14.8 Å². The Morgan fingerprint density at radius 3 is 2.45 bits per heavy atom. The SMILES string of the molecule is CCOc1ccc(Br)cc1S(=O)(=O)Nc1ccc(NC(=O)/C=C/c2ccc(C)o2)cc1. The minimum Gasteiger partial charge on any atom is -0.492 e. The molecule has 3 rings (SSSR count). The Morgan fingerprint density at radius 1 is 1.10 bits per heavy atom. The van der Waals surface area contributed by atoms with Crippen LogP contribution >= 0.6 is 15.9 Å². The number of carbonyl (C=O) groups is 1. The fourth-order valence-corrected chi connectivity index (χ4v) is 4.43. The summed E-state index contributed by atoms with van der Waals surface area (Å²) in [5.74, 6) is 1.27. The molecule has 9 heteroatoms. The number of furan rings is 1. The lowest BCUT2D eigenvalue weighted by molar-refractivity contribution is -0.111. The van der Waals surface area contributed by atoms with Crippen LogP contribution in [0.25, 0.3) is 6.08 Å². The number of rotatable bonds is 8. The first-order chi connectivity index (χ1) is 14.8. The van der Waals surface area contributed by atoms with Crippen LogP contribution in [0.5, 0.6) is 5.75 Å². The van der Waals surface area contributed by atoms with Gasteiger partial charge in [-0.15, -0.1) is 0 Å². The first-order valence-corrected chi connectivity index (χ1v) is 11.6. The number of nitrogens with one attached hydrogen (secondary N) is 2. The predicted molar refractivity (Wildman–Crippen MR) is 124 cm³/mol. The molecule has 0 atom stereocenters. The number of hydrogen-bond acceptors (Lipinski definition) is 5. The average molecular weight is 505 g/mol. The van der Waals surface area contributed by atoms with E-state index in [1.54, 1.807) is 55.5 Å². The zero-order valence-corrected chi connectivity index (χ0v) is 19.3. The number of halogens is 1. The van der Waals surface area contributed by atoms with E-state index >= 15 is 0 Å². The van der Waals surface area contributed by atoms with Gasteiger partial charge in [0, 0.05) is 21.9 Å². The van der Waals surface area contributed by atoms with Crippen LogP contribution in [0.4, 0.5) is 11.4 Å². The summed E-state index contributed by atoms with van der Waals surface area (Å²) >= 11 is 3.29. The molecule has 0 saturated heterocycles. The Kier molecular flexibility index (Phi) is 7.19. The Morgan fingerprint density at radius 2 is 1.81 bits per heavy atom. The molecule has 2 aromatic carbocycles. The van der Waals surface area contributed by atoms with Gasteiger partial charge >= 0.3 is 0 Å². The molecule has 0 unspecified atom stereocenters. The zero-order valence-electron chi connectivity index (χ0n) is 16.9. The Bertz CT molecular complexity index is 1200. The summed E-state index contributed by atoms with van der Waals surface area (Å²) in [6, 6.07) is 14.7. The van der Waals surface area contributed by atoms with E-state index in [0.29, 0.717) is 28.2 Å². The van der Waals surface area contributed by atoms with Gasteiger partial charge in [-0.3, -0.25) is 9.52 Å². The van der Waals surface area contributed by atoms with Gasteiger partial charge in [-0.05, 0) is 74.5 Å². The van der Waals surface area contributed by atoms with Crippen molar-refractivity contribution in [2.75, 3.05) is 16.6 Å². The van der Waals surface area contributed by atoms with Crippen molar-refractivity contribution >= 4 is 49.3 Å². The molecule has 0 radical (unpaired) electrons. The number of sulfonamides is 1. The molecule has 0 aliphatic rings. The smallest absolute Gasteiger partial charge is 0.265 e. The molecule has 7 nitrogen and oxygen atoms in total. The summed E-state index contributed by atoms with van der Waals surface area (Å²) in [7, 11) is -3.88. The van der Waals surface area contributed by atoms with E-state index in [2.05, 4.69) is 26.0 Å². The topological polar surface area (TPSA) is 97.6 Å². The van der Waals surface area contributed by atoms with Crippen molar-refractivity contribution in [2.24, 2.45) is 0 Å². The molecular formula is C22H21BrN2O5S. The van der Waals surface area contributed by atoms with Gasteiger partial charge in [0.15, 0.2) is 0 Å². The highest BCUT2D eigenvalue weighted by molar-refractivity contribution is 9.10. The van der Waals surface area contributed by atoms with Gasteiger partial charge in [0.25, 0.3) is 10.0 Å². The number of amides is 1. The third kappa shape index (κ3) is 6.22. The second-order valence-electron chi connectivity index (χ2n) is 6.48. The molecule has 1 aromatic heterocycles. The summed E-state index contributed by atoms with van der Waals surface area (Å²) < 4.78 is 39.6. The van der Waals surface area contributed by atoms with Gasteiger partial charge in [-0.25, -0.2) is 8.42 Å². The normalized spacial score (nSPS) is 11.5. The van der Waals surface area contributed by atoms with Gasteiger partial charge in [-0.1, -0.05) is 15.9 Å². The standard InChI is InChI=1S/C22H21BrN2O5S/c1-3-29-20-12-5-16(23)14-21(20)31(27,28)25-18-8-6-17(7-9-18)24-22(26)13-11-19-10-4-15(2)30-19/h4-14,25H,3H2,1-2H3,(H,24,26)/b13-11+. The van der Waals surface area contributed by atoms with E-state index in [-0.39, 0.29) is 16.6 Å². The monoisotopic (exact) mass is 504 g/mol. The molecule has 0 aliphatic carbocycles. The van der Waals surface area contributed by atoms with Gasteiger partial charge in [0.1, 0.15) is 22.2 Å². The van der Waals surface area contributed by atoms with Crippen molar-refractivity contribution in [3.63, 3.8) is 0 Å². The highest BCUT2D eigenvalue weighted by Gasteiger charge is 2.20. The van der Waals surface area contributed by atoms with Gasteiger partial charge in [0.05, 0.1) is 6.61 Å². The van der Waals surface area contributed by atoms with Gasteiger partial charge < -0.3 is 14.5 Å². The molecule has 3 aromatic rings. The number of benzene rings is 2. The van der Waals surface area contributed by atoms with Gasteiger partial charge in [-0.2, -0.15) is 0 Å². The Labute approximate surface area is 189 Å². The van der Waals surface area contributed by atoms with E-state index in [4.69, 9.17) is 9.15 Å². The second-order valence-corrected chi connectivity index (χ2v) is 9.04. The van der Waals surface area contributed by atoms with E-state index in [1.165, 1.54) is 12.1 Å². The highest BCUT2D eigenvalue weighted by Crippen LogP contribution is 2.29. The molecule has 0 spiro atoms. The van der Waals surface area contributed by atoms with Crippen molar-refractivity contribution in [1.29, 1.82) is 0 Å². The fourth-order valence-electron chi connectivity index (χ4n) is 2.68. The Balaban J connectivity index is 1.68. The summed E-state index contributed by atoms with van der Waals surface area (Å²) in [6.45, 7) is 3.94. The third-order valence-electron chi connectivity index (χ3n) is 4.06. The molecule has 0 fully saturated rings. The van der Waals surface area contributed by atoms with Crippen LogP contribution in [-0.4, -0.2) is 20.9 Å². The largest absolute Gasteiger partial charge is 0.492 e. The first kappa shape index (κ1) is 22.6. The molecule has 0 bridgehead atoms. The predicted octanol–water partition coefficient (Wildman–Crippen LogP) is 5.20. The molecule has 1 heterocycles. The summed E-state index contributed by atoms with van der Waals surface area (Å²) in [6.07, 6.45) is 2.93. The third-order valence-corrected chi connectivity index (χ3v) is 5.96. The summed E-state index contributed by atoms with van der Waals surface area (Å²) in [4.78, 5) is 12.1. The molecule has 0 saturated carbocycles. The van der Waals surface area contributed by atoms with Crippen molar-refractivity contribution < 1.29 is 22.4 Å². The van der Waals surface area contributed by atoms with Crippen molar-refractivity contribution in [1.82, 2.24) is 0 Å². The summed E-state index contributed by atoms with van der Waals surface area (Å²) in [5.41, 5.74) is 0.868. The number of aryl methyl sites for hydroxylation is 1. The van der Waals surface area contributed by atoms with E-state index in [0.717, 1.165) is 5.76 Å². The average Bonchev–Trinajstić information content (AvgIpc) is 3.14. The molecule has 0 aliphatic heterocycles. The maximum atomic E-state index is 12.8. The second kappa shape index (κ2) is 9.84. The van der Waals surface area contributed by atoms with Crippen LogP contribution < -0.4 is 14.8 Å². The van der Waals surface area contributed by atoms with E-state index < -0.39 is 10.0 Å². The minimum atomic E-state index is -3.88. The van der Waals surface area contributed by atoms with Gasteiger partial charge in [0.2, 0.25) is 5.91 Å². The highest BCUT2D eigenvalue weighted by atomic mass is 79.9. The van der Waals surface area contributed by atoms with E-state index in [1.807, 2.05) is 13.0 Å². The number of anilines is 2. The molecule has 31 heavy (non-hydrogen) atoms. The lowest BCUT2D eigenvalue weighted by Gasteiger charge is -2.13. The lowest BCUT2D eigenvalue weighted by Crippen LogP contribution is -2.15. The maximum absolute atomic E-state index is 12.8. The molecule has 2 N–H and O–H groups in total. The minimum absolute atomic E-state index is 0.0272. The fraction of sp³-hybridized carbons (Fsp3) is 0.136. The number of hydrogen-bond donors (Lipinski definition) is 2. The quantitative estimate of drug-likeness (QED) is 0.410. The van der Waals surface area contributed by atoms with Crippen LogP contribution in [0.15, 0.2) is 74.5 Å². The van der Waals surface area contributed by atoms with E-state index in [9.17, 15) is 13.2 Å². The molecule has 1 amide bonds. The molecule has 162 valence electrons. The summed E-state index contributed by atoms with van der Waals surface area (Å²) in [5, 5.41) is 2.70. The number of ether oxygens (including phenoxy) is 1. The van der Waals surface area contributed by atoms with Crippen LogP contribution in [0.3, 0.4) is 0 Å². The van der Waals surface area contributed by atoms with Crippen molar-refractivity contribution in [3.05, 3.63) is 76.7 Å². The Hall–Kier alpha value is -3.04. The maximum Gasteiger partial charge on any atom is 0.265 e. The molecular weight excluding hydrogens is 484 g/mol. The first-order valence-electron chi connectivity index (χ1n) is 9.37. The number of carbonyl (C=O) groups excluding carboxylic acids is 1. The van der Waals surface area contributed by atoms with Crippen LogP contribution in [0.2, 0.25) is 0 Å².